The van der Waals surface area contributed by atoms with Crippen molar-refractivity contribution in [2.24, 2.45) is 5.92 Å². The molecule has 2 rings (SSSR count). The van der Waals surface area contributed by atoms with E-state index in [-0.39, 0.29) is 5.91 Å². The van der Waals surface area contributed by atoms with Crippen LogP contribution in [0.15, 0.2) is 35.7 Å². The lowest BCUT2D eigenvalue weighted by molar-refractivity contribution is -0.118. The average molecular weight is 348 g/mol. The van der Waals surface area contributed by atoms with Gasteiger partial charge in [0.1, 0.15) is 12.1 Å². The van der Waals surface area contributed by atoms with E-state index in [1.165, 1.54) is 11.8 Å². The second-order valence-corrected chi connectivity index (χ2v) is 6.80. The molecule has 2 aromatic rings. The SMILES string of the molecule is COc1ccc(-n2cnnc2SCC(=O)NCCCC(C)C)cc1. The Balaban J connectivity index is 1.85. The molecule has 0 aliphatic rings. The van der Waals surface area contributed by atoms with Gasteiger partial charge in [-0.2, -0.15) is 0 Å². The molecule has 0 bridgehead atoms. The summed E-state index contributed by atoms with van der Waals surface area (Å²) < 4.78 is 7.02. The van der Waals surface area contributed by atoms with E-state index in [0.29, 0.717) is 16.8 Å². The molecular formula is C17H24N4O2S. The van der Waals surface area contributed by atoms with Gasteiger partial charge in [-0.15, -0.1) is 10.2 Å². The molecule has 0 aliphatic carbocycles. The van der Waals surface area contributed by atoms with Gasteiger partial charge in [-0.05, 0) is 43.0 Å². The number of carbonyl (C=O) groups excluding carboxylic acids is 1. The summed E-state index contributed by atoms with van der Waals surface area (Å²) in [5, 5.41) is 11.7. The van der Waals surface area contributed by atoms with Crippen molar-refractivity contribution in [2.45, 2.75) is 31.8 Å². The summed E-state index contributed by atoms with van der Waals surface area (Å²) in [7, 11) is 1.63. The Morgan fingerprint density at radius 1 is 1.33 bits per heavy atom. The third-order valence-electron chi connectivity index (χ3n) is 3.48. The van der Waals surface area contributed by atoms with E-state index in [2.05, 4.69) is 29.4 Å². The highest BCUT2D eigenvalue weighted by Gasteiger charge is 2.10. The molecule has 1 heterocycles. The van der Waals surface area contributed by atoms with Crippen LogP contribution in [0, 0.1) is 5.92 Å². The van der Waals surface area contributed by atoms with Crippen LogP contribution in [0.4, 0.5) is 0 Å². The van der Waals surface area contributed by atoms with Gasteiger partial charge in [0.15, 0.2) is 5.16 Å². The predicted octanol–water partition coefficient (Wildman–Crippen LogP) is 2.92. The summed E-state index contributed by atoms with van der Waals surface area (Å²) in [5.74, 6) is 1.81. The molecule has 1 N–H and O–H groups in total. The number of hydrogen-bond donors (Lipinski definition) is 1. The van der Waals surface area contributed by atoms with Crippen LogP contribution in [0.2, 0.25) is 0 Å². The Kier molecular flexibility index (Phi) is 7.11. The lowest BCUT2D eigenvalue weighted by Crippen LogP contribution is -2.26. The average Bonchev–Trinajstić information content (AvgIpc) is 3.05. The Bertz CT molecular complexity index is 640. The van der Waals surface area contributed by atoms with Crippen molar-refractivity contribution in [1.29, 1.82) is 0 Å². The van der Waals surface area contributed by atoms with E-state index in [1.807, 2.05) is 28.8 Å². The van der Waals surface area contributed by atoms with E-state index in [4.69, 9.17) is 4.74 Å². The largest absolute Gasteiger partial charge is 0.497 e. The first kappa shape index (κ1) is 18.3. The molecule has 1 amide bonds. The third-order valence-corrected chi connectivity index (χ3v) is 4.42. The highest BCUT2D eigenvalue weighted by Crippen LogP contribution is 2.21. The monoisotopic (exact) mass is 348 g/mol. The zero-order valence-corrected chi connectivity index (χ0v) is 15.2. The molecule has 0 unspecified atom stereocenters. The highest BCUT2D eigenvalue weighted by atomic mass is 32.2. The van der Waals surface area contributed by atoms with E-state index in [0.717, 1.165) is 30.8 Å². The number of thioether (sulfide) groups is 1. The standard InChI is InChI=1S/C17H24N4O2S/c1-13(2)5-4-10-18-16(22)11-24-17-20-19-12-21(17)14-6-8-15(23-3)9-7-14/h6-9,12-13H,4-5,10-11H2,1-3H3,(H,18,22). The number of ether oxygens (including phenoxy) is 1. The maximum Gasteiger partial charge on any atom is 0.230 e. The van der Waals surface area contributed by atoms with Crippen LogP contribution >= 0.6 is 11.8 Å². The van der Waals surface area contributed by atoms with Crippen molar-refractivity contribution in [2.75, 3.05) is 19.4 Å². The van der Waals surface area contributed by atoms with Crippen LogP contribution in [-0.2, 0) is 4.79 Å². The maximum absolute atomic E-state index is 11.9. The van der Waals surface area contributed by atoms with Crippen molar-refractivity contribution in [3.8, 4) is 11.4 Å². The Morgan fingerprint density at radius 3 is 2.75 bits per heavy atom. The van der Waals surface area contributed by atoms with Gasteiger partial charge in [0, 0.05) is 12.2 Å². The van der Waals surface area contributed by atoms with Gasteiger partial charge in [-0.1, -0.05) is 25.6 Å². The number of carbonyl (C=O) groups is 1. The lowest BCUT2D eigenvalue weighted by Gasteiger charge is -2.08. The second-order valence-electron chi connectivity index (χ2n) is 5.86. The number of aromatic nitrogens is 3. The van der Waals surface area contributed by atoms with Gasteiger partial charge in [0.2, 0.25) is 5.91 Å². The van der Waals surface area contributed by atoms with Crippen molar-refractivity contribution in [3.63, 3.8) is 0 Å². The van der Waals surface area contributed by atoms with Gasteiger partial charge < -0.3 is 10.1 Å². The zero-order chi connectivity index (χ0) is 17.4. The van der Waals surface area contributed by atoms with Crippen LogP contribution in [0.3, 0.4) is 0 Å². The van der Waals surface area contributed by atoms with Crippen molar-refractivity contribution >= 4 is 17.7 Å². The van der Waals surface area contributed by atoms with Gasteiger partial charge >= 0.3 is 0 Å². The zero-order valence-electron chi connectivity index (χ0n) is 14.4. The Hall–Kier alpha value is -2.02. The summed E-state index contributed by atoms with van der Waals surface area (Å²) in [6.07, 6.45) is 3.78. The minimum Gasteiger partial charge on any atom is -0.497 e. The predicted molar refractivity (Wildman–Crippen MR) is 95.7 cm³/mol. The minimum absolute atomic E-state index is 0.0213. The molecule has 0 saturated heterocycles. The molecule has 0 radical (unpaired) electrons. The van der Waals surface area contributed by atoms with E-state index < -0.39 is 0 Å². The highest BCUT2D eigenvalue weighted by molar-refractivity contribution is 7.99. The van der Waals surface area contributed by atoms with Crippen LogP contribution in [-0.4, -0.2) is 40.1 Å². The number of benzene rings is 1. The smallest absolute Gasteiger partial charge is 0.230 e. The van der Waals surface area contributed by atoms with Crippen LogP contribution in [0.1, 0.15) is 26.7 Å². The fourth-order valence-electron chi connectivity index (χ4n) is 2.16. The van der Waals surface area contributed by atoms with Gasteiger partial charge in [-0.25, -0.2) is 0 Å². The molecule has 0 fully saturated rings. The quantitative estimate of drug-likeness (QED) is 0.557. The number of amides is 1. The van der Waals surface area contributed by atoms with Gasteiger partial charge in [-0.3, -0.25) is 9.36 Å². The molecule has 1 aromatic carbocycles. The second kappa shape index (κ2) is 9.32. The number of hydrogen-bond acceptors (Lipinski definition) is 5. The summed E-state index contributed by atoms with van der Waals surface area (Å²) in [6.45, 7) is 5.09. The molecule has 130 valence electrons. The van der Waals surface area contributed by atoms with E-state index in [1.54, 1.807) is 13.4 Å². The van der Waals surface area contributed by atoms with Gasteiger partial charge in [0.25, 0.3) is 0 Å². The Labute approximate surface area is 147 Å². The molecule has 6 nitrogen and oxygen atoms in total. The molecule has 7 heteroatoms. The van der Waals surface area contributed by atoms with Crippen molar-refractivity contribution < 1.29 is 9.53 Å². The van der Waals surface area contributed by atoms with Gasteiger partial charge in [0.05, 0.1) is 12.9 Å². The van der Waals surface area contributed by atoms with Crippen LogP contribution in [0.25, 0.3) is 5.69 Å². The fraction of sp³-hybridized carbons (Fsp3) is 0.471. The van der Waals surface area contributed by atoms with Crippen molar-refractivity contribution in [3.05, 3.63) is 30.6 Å². The number of nitrogens with zero attached hydrogens (tertiary/aromatic N) is 3. The molecular weight excluding hydrogens is 324 g/mol. The first-order valence-corrected chi connectivity index (χ1v) is 9.02. The van der Waals surface area contributed by atoms with Crippen LogP contribution < -0.4 is 10.1 Å². The Morgan fingerprint density at radius 2 is 2.08 bits per heavy atom. The van der Waals surface area contributed by atoms with E-state index in [9.17, 15) is 4.79 Å². The summed E-state index contributed by atoms with van der Waals surface area (Å²) in [5.41, 5.74) is 0.931. The maximum atomic E-state index is 11.9. The minimum atomic E-state index is 0.0213. The molecule has 24 heavy (non-hydrogen) atoms. The molecule has 0 atom stereocenters. The molecule has 0 aliphatic heterocycles. The normalized spacial score (nSPS) is 10.8. The van der Waals surface area contributed by atoms with Crippen molar-refractivity contribution in [1.82, 2.24) is 20.1 Å². The topological polar surface area (TPSA) is 69.0 Å². The fourth-order valence-corrected chi connectivity index (χ4v) is 2.92. The molecule has 0 spiro atoms. The summed E-state index contributed by atoms with van der Waals surface area (Å²) in [4.78, 5) is 11.9. The first-order valence-electron chi connectivity index (χ1n) is 8.04. The lowest BCUT2D eigenvalue weighted by atomic mass is 10.1. The molecule has 1 aromatic heterocycles. The summed E-state index contributed by atoms with van der Waals surface area (Å²) in [6, 6.07) is 7.62. The van der Waals surface area contributed by atoms with E-state index >= 15 is 0 Å². The summed E-state index contributed by atoms with van der Waals surface area (Å²) >= 11 is 1.38. The number of nitrogens with one attached hydrogen (secondary N) is 1. The number of rotatable bonds is 9. The first-order chi connectivity index (χ1) is 11.6. The number of methoxy groups -OCH3 is 1. The molecule has 0 saturated carbocycles. The van der Waals surface area contributed by atoms with Crippen LogP contribution in [0.5, 0.6) is 5.75 Å². The third kappa shape index (κ3) is 5.56.